The highest BCUT2D eigenvalue weighted by Crippen LogP contribution is 2.35. The summed E-state index contributed by atoms with van der Waals surface area (Å²) < 4.78 is 5.30. The first kappa shape index (κ1) is 17.4. The van der Waals surface area contributed by atoms with E-state index in [9.17, 15) is 4.79 Å². The zero-order valence-electron chi connectivity index (χ0n) is 14.0. The van der Waals surface area contributed by atoms with Gasteiger partial charge < -0.3 is 15.0 Å². The van der Waals surface area contributed by atoms with Crippen LogP contribution < -0.4 is 5.32 Å². The molecule has 1 fully saturated rings. The number of esters is 1. The van der Waals surface area contributed by atoms with Gasteiger partial charge in [-0.05, 0) is 52.6 Å². The lowest BCUT2D eigenvalue weighted by molar-refractivity contribution is -0.151. The van der Waals surface area contributed by atoms with E-state index in [0.717, 1.165) is 25.8 Å². The summed E-state index contributed by atoms with van der Waals surface area (Å²) in [7, 11) is 2.18. The number of likely N-dealkylation sites (N-methyl/N-ethyl adjacent to an activating group) is 1. The number of carbonyl (C=O) groups excluding carboxylic acids is 1. The molecule has 1 aliphatic rings. The zero-order chi connectivity index (χ0) is 15.3. The maximum atomic E-state index is 12.3. The van der Waals surface area contributed by atoms with Crippen LogP contribution in [-0.4, -0.2) is 48.7 Å². The van der Waals surface area contributed by atoms with E-state index in [1.54, 1.807) is 0 Å². The fourth-order valence-electron chi connectivity index (χ4n) is 3.20. The van der Waals surface area contributed by atoms with Crippen LogP contribution in [0.3, 0.4) is 0 Å². The van der Waals surface area contributed by atoms with Crippen LogP contribution in [0.15, 0.2) is 0 Å². The number of nitrogens with one attached hydrogen (secondary N) is 1. The lowest BCUT2D eigenvalue weighted by Crippen LogP contribution is -2.52. The molecule has 0 bridgehead atoms. The van der Waals surface area contributed by atoms with E-state index in [4.69, 9.17) is 4.74 Å². The van der Waals surface area contributed by atoms with Crippen LogP contribution >= 0.6 is 0 Å². The van der Waals surface area contributed by atoms with Crippen molar-refractivity contribution in [2.24, 2.45) is 5.92 Å². The quantitative estimate of drug-likeness (QED) is 0.729. The van der Waals surface area contributed by atoms with Gasteiger partial charge >= 0.3 is 5.97 Å². The molecule has 0 aromatic carbocycles. The average molecular weight is 284 g/mol. The third kappa shape index (κ3) is 3.73. The highest BCUT2D eigenvalue weighted by atomic mass is 16.5. The van der Waals surface area contributed by atoms with Crippen molar-refractivity contribution in [1.29, 1.82) is 0 Å². The van der Waals surface area contributed by atoms with Gasteiger partial charge in [0.15, 0.2) is 0 Å². The first-order valence-corrected chi connectivity index (χ1v) is 8.02. The van der Waals surface area contributed by atoms with Gasteiger partial charge in [0, 0.05) is 12.1 Å². The second-order valence-electron chi connectivity index (χ2n) is 6.38. The van der Waals surface area contributed by atoms with Crippen LogP contribution in [0.1, 0.15) is 53.9 Å². The van der Waals surface area contributed by atoms with Gasteiger partial charge in [-0.1, -0.05) is 20.8 Å². The monoisotopic (exact) mass is 284 g/mol. The van der Waals surface area contributed by atoms with E-state index >= 15 is 0 Å². The average Bonchev–Trinajstić information content (AvgIpc) is 2.83. The molecule has 0 spiro atoms. The Morgan fingerprint density at radius 2 is 2.05 bits per heavy atom. The maximum absolute atomic E-state index is 12.3. The SMILES string of the molecule is CCNC1(C(=O)OCC)CCC(N(C)C(C)C(C)C)C1. The lowest BCUT2D eigenvalue weighted by atomic mass is 9.96. The molecule has 3 unspecified atom stereocenters. The smallest absolute Gasteiger partial charge is 0.326 e. The van der Waals surface area contributed by atoms with Gasteiger partial charge in [-0.15, -0.1) is 0 Å². The van der Waals surface area contributed by atoms with Crippen molar-refractivity contribution in [1.82, 2.24) is 10.2 Å². The Labute approximate surface area is 124 Å². The van der Waals surface area contributed by atoms with E-state index in [0.29, 0.717) is 24.6 Å². The molecule has 0 aromatic heterocycles. The van der Waals surface area contributed by atoms with E-state index < -0.39 is 5.54 Å². The second-order valence-corrected chi connectivity index (χ2v) is 6.38. The molecule has 4 nitrogen and oxygen atoms in total. The molecule has 0 amide bonds. The summed E-state index contributed by atoms with van der Waals surface area (Å²) in [5.41, 5.74) is -0.472. The number of nitrogens with zero attached hydrogens (tertiary/aromatic N) is 1. The van der Waals surface area contributed by atoms with Gasteiger partial charge in [-0.25, -0.2) is 0 Å². The van der Waals surface area contributed by atoms with Crippen LogP contribution in [0, 0.1) is 5.92 Å². The van der Waals surface area contributed by atoms with E-state index in [1.807, 2.05) is 6.92 Å². The minimum absolute atomic E-state index is 0.0741. The zero-order valence-corrected chi connectivity index (χ0v) is 14.0. The summed E-state index contributed by atoms with van der Waals surface area (Å²) in [6.07, 6.45) is 2.78. The summed E-state index contributed by atoms with van der Waals surface area (Å²) in [6.45, 7) is 11.9. The molecule has 0 aromatic rings. The standard InChI is InChI=1S/C16H32N2O2/c1-7-17-16(15(19)20-8-2)10-9-14(11-16)18(6)13(5)12(3)4/h12-14,17H,7-11H2,1-6H3. The minimum Gasteiger partial charge on any atom is -0.465 e. The minimum atomic E-state index is -0.472. The highest BCUT2D eigenvalue weighted by molar-refractivity contribution is 5.81. The van der Waals surface area contributed by atoms with Crippen molar-refractivity contribution in [2.45, 2.75) is 71.5 Å². The molecule has 3 atom stereocenters. The lowest BCUT2D eigenvalue weighted by Gasteiger charge is -2.34. The van der Waals surface area contributed by atoms with E-state index in [1.165, 1.54) is 0 Å². The van der Waals surface area contributed by atoms with Crippen molar-refractivity contribution < 1.29 is 9.53 Å². The van der Waals surface area contributed by atoms with Crippen LogP contribution in [0.4, 0.5) is 0 Å². The molecular weight excluding hydrogens is 252 g/mol. The predicted molar refractivity (Wildman–Crippen MR) is 82.7 cm³/mol. The molecule has 0 saturated heterocycles. The van der Waals surface area contributed by atoms with Crippen molar-refractivity contribution in [3.05, 3.63) is 0 Å². The van der Waals surface area contributed by atoms with Gasteiger partial charge in [-0.2, -0.15) is 0 Å². The predicted octanol–water partition coefficient (Wildman–Crippen LogP) is 2.43. The van der Waals surface area contributed by atoms with Gasteiger partial charge in [0.25, 0.3) is 0 Å². The number of ether oxygens (including phenoxy) is 1. The first-order chi connectivity index (χ1) is 9.38. The number of hydrogen-bond donors (Lipinski definition) is 1. The normalized spacial score (nSPS) is 28.1. The molecule has 1 N–H and O–H groups in total. The Hall–Kier alpha value is -0.610. The van der Waals surface area contributed by atoms with Crippen LogP contribution in [-0.2, 0) is 9.53 Å². The summed E-state index contributed by atoms with van der Waals surface area (Å²) in [6, 6.07) is 0.982. The van der Waals surface area contributed by atoms with Gasteiger partial charge in [0.2, 0.25) is 0 Å². The summed E-state index contributed by atoms with van der Waals surface area (Å²) >= 11 is 0. The Morgan fingerprint density at radius 1 is 1.40 bits per heavy atom. The summed E-state index contributed by atoms with van der Waals surface area (Å²) in [5.74, 6) is 0.548. The van der Waals surface area contributed by atoms with Crippen LogP contribution in [0.25, 0.3) is 0 Å². The molecule has 118 valence electrons. The molecule has 4 heteroatoms. The fraction of sp³-hybridized carbons (Fsp3) is 0.938. The first-order valence-electron chi connectivity index (χ1n) is 8.02. The third-order valence-corrected chi connectivity index (χ3v) is 4.85. The molecule has 0 heterocycles. The molecule has 1 saturated carbocycles. The number of carbonyl (C=O) groups is 1. The molecule has 0 radical (unpaired) electrons. The topological polar surface area (TPSA) is 41.6 Å². The van der Waals surface area contributed by atoms with E-state index in [2.05, 4.69) is 45.0 Å². The van der Waals surface area contributed by atoms with Crippen LogP contribution in [0.2, 0.25) is 0 Å². The Morgan fingerprint density at radius 3 is 2.55 bits per heavy atom. The Balaban J connectivity index is 2.76. The third-order valence-electron chi connectivity index (χ3n) is 4.85. The van der Waals surface area contributed by atoms with Crippen molar-refractivity contribution in [2.75, 3.05) is 20.2 Å². The molecule has 1 rings (SSSR count). The Bertz CT molecular complexity index is 320. The molecular formula is C16H32N2O2. The number of hydrogen-bond acceptors (Lipinski definition) is 4. The molecule has 1 aliphatic carbocycles. The van der Waals surface area contributed by atoms with Gasteiger partial charge in [-0.3, -0.25) is 4.79 Å². The Kier molecular flexibility index (Phi) is 6.46. The van der Waals surface area contributed by atoms with Gasteiger partial charge in [0.1, 0.15) is 5.54 Å². The molecule has 0 aliphatic heterocycles. The largest absolute Gasteiger partial charge is 0.465 e. The summed E-state index contributed by atoms with van der Waals surface area (Å²) in [5, 5.41) is 3.39. The highest BCUT2D eigenvalue weighted by Gasteiger charge is 2.47. The fourth-order valence-corrected chi connectivity index (χ4v) is 3.20. The number of rotatable bonds is 7. The van der Waals surface area contributed by atoms with Crippen LogP contribution in [0.5, 0.6) is 0 Å². The van der Waals surface area contributed by atoms with Crippen molar-refractivity contribution in [3.8, 4) is 0 Å². The molecule has 20 heavy (non-hydrogen) atoms. The van der Waals surface area contributed by atoms with Gasteiger partial charge in [0.05, 0.1) is 6.61 Å². The summed E-state index contributed by atoms with van der Waals surface area (Å²) in [4.78, 5) is 14.8. The maximum Gasteiger partial charge on any atom is 0.326 e. The van der Waals surface area contributed by atoms with Crippen molar-refractivity contribution >= 4 is 5.97 Å². The van der Waals surface area contributed by atoms with Crippen molar-refractivity contribution in [3.63, 3.8) is 0 Å². The second kappa shape index (κ2) is 7.41. The van der Waals surface area contributed by atoms with E-state index in [-0.39, 0.29) is 5.97 Å².